The Hall–Kier alpha value is -0.0400. The molecule has 0 saturated heterocycles. The highest BCUT2D eigenvalue weighted by atomic mass is 15.1. The van der Waals surface area contributed by atoms with E-state index in [0.717, 1.165) is 12.0 Å². The second-order valence-electron chi connectivity index (χ2n) is 13.1. The van der Waals surface area contributed by atoms with Crippen LogP contribution >= 0.6 is 0 Å². The first kappa shape index (κ1) is 38.0. The van der Waals surface area contributed by atoms with Gasteiger partial charge in [0.15, 0.2) is 0 Å². The van der Waals surface area contributed by atoms with Crippen LogP contribution in [0.1, 0.15) is 214 Å². The van der Waals surface area contributed by atoms with E-state index in [4.69, 9.17) is 0 Å². The molecule has 2 unspecified atom stereocenters. The van der Waals surface area contributed by atoms with Crippen LogP contribution in [0.15, 0.2) is 0 Å². The molecule has 0 amide bonds. The summed E-state index contributed by atoms with van der Waals surface area (Å²) in [7, 11) is 2.45. The van der Waals surface area contributed by atoms with Crippen molar-refractivity contribution in [3.63, 3.8) is 0 Å². The molecule has 0 aromatic carbocycles. The van der Waals surface area contributed by atoms with Gasteiger partial charge in [-0.25, -0.2) is 0 Å². The predicted octanol–water partition coefficient (Wildman–Crippen LogP) is 13.3. The predicted molar refractivity (Wildman–Crippen MR) is 176 cm³/mol. The van der Waals surface area contributed by atoms with E-state index in [1.165, 1.54) is 193 Å². The lowest BCUT2D eigenvalue weighted by Crippen LogP contribution is -2.37. The van der Waals surface area contributed by atoms with Crippen molar-refractivity contribution in [1.82, 2.24) is 4.90 Å². The number of hydrogen-bond donors (Lipinski definition) is 0. The van der Waals surface area contributed by atoms with E-state index in [2.05, 4.69) is 39.6 Å². The van der Waals surface area contributed by atoms with Crippen LogP contribution < -0.4 is 0 Å². The normalized spacial score (nSPS) is 13.4. The van der Waals surface area contributed by atoms with Crippen molar-refractivity contribution >= 4 is 0 Å². The van der Waals surface area contributed by atoms with Gasteiger partial charge in [-0.2, -0.15) is 0 Å². The Balaban J connectivity index is 4.16. The van der Waals surface area contributed by atoms with Crippen LogP contribution in [0.3, 0.4) is 0 Å². The highest BCUT2D eigenvalue weighted by Crippen LogP contribution is 2.24. The maximum atomic E-state index is 2.78. The molecule has 0 heterocycles. The lowest BCUT2D eigenvalue weighted by molar-refractivity contribution is 0.158. The average molecular weight is 536 g/mol. The molecule has 0 aromatic rings. The fourth-order valence-corrected chi connectivity index (χ4v) is 6.41. The molecule has 1 heteroatoms. The molecule has 2 atom stereocenters. The van der Waals surface area contributed by atoms with Crippen molar-refractivity contribution in [3.05, 3.63) is 0 Å². The van der Waals surface area contributed by atoms with Gasteiger partial charge in [-0.15, -0.1) is 0 Å². The Labute approximate surface area is 244 Å². The fraction of sp³-hybridized carbons (Fsp3) is 1.00. The summed E-state index contributed by atoms with van der Waals surface area (Å²) in [6.07, 6.45) is 41.9. The lowest BCUT2D eigenvalue weighted by atomic mass is 9.89. The fourth-order valence-electron chi connectivity index (χ4n) is 6.41. The summed E-state index contributed by atoms with van der Waals surface area (Å²) in [6.45, 7) is 10.8. The maximum absolute atomic E-state index is 2.78. The minimum atomic E-state index is 0.808. The second-order valence-corrected chi connectivity index (χ2v) is 13.1. The number of nitrogens with zero attached hydrogens (tertiary/aromatic N) is 1. The van der Waals surface area contributed by atoms with Crippen LogP contribution in [-0.2, 0) is 0 Å². The third-order valence-corrected chi connectivity index (χ3v) is 9.20. The Morgan fingerprint density at radius 2 is 0.658 bits per heavy atom. The molecule has 38 heavy (non-hydrogen) atoms. The third-order valence-electron chi connectivity index (χ3n) is 9.20. The van der Waals surface area contributed by atoms with E-state index in [1.54, 1.807) is 0 Å². The average Bonchev–Trinajstić information content (AvgIpc) is 2.92. The quantitative estimate of drug-likeness (QED) is 0.0774. The van der Waals surface area contributed by atoms with E-state index >= 15 is 0 Å². The van der Waals surface area contributed by atoms with Crippen LogP contribution in [0.4, 0.5) is 0 Å². The summed E-state index contributed by atoms with van der Waals surface area (Å²) in [5.41, 5.74) is 0. The summed E-state index contributed by atoms with van der Waals surface area (Å²) in [6, 6.07) is 0.808. The van der Waals surface area contributed by atoms with Crippen molar-refractivity contribution in [2.45, 2.75) is 220 Å². The van der Waals surface area contributed by atoms with Crippen molar-refractivity contribution < 1.29 is 0 Å². The van der Waals surface area contributed by atoms with Gasteiger partial charge in [0.25, 0.3) is 0 Å². The topological polar surface area (TPSA) is 3.24 Å². The van der Waals surface area contributed by atoms with Crippen molar-refractivity contribution in [2.75, 3.05) is 13.6 Å². The van der Waals surface area contributed by atoms with E-state index in [0.29, 0.717) is 0 Å². The lowest BCUT2D eigenvalue weighted by Gasteiger charge is -2.33. The molecule has 0 N–H and O–H groups in total. The Morgan fingerprint density at radius 3 is 1.03 bits per heavy atom. The minimum Gasteiger partial charge on any atom is -0.303 e. The van der Waals surface area contributed by atoms with E-state index < -0.39 is 0 Å². The van der Waals surface area contributed by atoms with Crippen LogP contribution in [-0.4, -0.2) is 24.5 Å². The van der Waals surface area contributed by atoms with Crippen LogP contribution in [0.25, 0.3) is 0 Å². The van der Waals surface area contributed by atoms with Gasteiger partial charge in [0.1, 0.15) is 0 Å². The molecule has 230 valence electrons. The molecule has 0 aliphatic rings. The second kappa shape index (κ2) is 31.5. The summed E-state index contributed by atoms with van der Waals surface area (Å²) < 4.78 is 0. The van der Waals surface area contributed by atoms with Crippen LogP contribution in [0.2, 0.25) is 0 Å². The van der Waals surface area contributed by atoms with Gasteiger partial charge in [0, 0.05) is 6.04 Å². The Morgan fingerprint density at radius 1 is 0.368 bits per heavy atom. The molecule has 1 nitrogen and oxygen atoms in total. The highest BCUT2D eigenvalue weighted by Gasteiger charge is 2.21. The van der Waals surface area contributed by atoms with Gasteiger partial charge in [0.05, 0.1) is 0 Å². The summed E-state index contributed by atoms with van der Waals surface area (Å²) in [5.74, 6) is 0.859. The van der Waals surface area contributed by atoms with Gasteiger partial charge >= 0.3 is 0 Å². The summed E-state index contributed by atoms with van der Waals surface area (Å²) in [4.78, 5) is 2.78. The van der Waals surface area contributed by atoms with Crippen molar-refractivity contribution in [3.8, 4) is 0 Å². The summed E-state index contributed by atoms with van der Waals surface area (Å²) in [5, 5.41) is 0. The molecule has 0 aliphatic carbocycles. The molecule has 0 aromatic heterocycles. The first-order valence-electron chi connectivity index (χ1n) is 18.4. The third kappa shape index (κ3) is 26.2. The van der Waals surface area contributed by atoms with E-state index in [1.807, 2.05) is 0 Å². The smallest absolute Gasteiger partial charge is 0.0118 e. The van der Waals surface area contributed by atoms with Gasteiger partial charge in [-0.3, -0.25) is 0 Å². The Bertz CT molecular complexity index is 419. The molecule has 0 radical (unpaired) electrons. The molecule has 0 spiro atoms. The van der Waals surface area contributed by atoms with E-state index in [9.17, 15) is 0 Å². The zero-order valence-electron chi connectivity index (χ0n) is 27.8. The molecule has 0 fully saturated rings. The Kier molecular flexibility index (Phi) is 31.5. The van der Waals surface area contributed by atoms with Gasteiger partial charge < -0.3 is 4.90 Å². The molecule has 0 saturated carbocycles. The van der Waals surface area contributed by atoms with Crippen molar-refractivity contribution in [2.24, 2.45) is 5.92 Å². The van der Waals surface area contributed by atoms with Gasteiger partial charge in [0.2, 0.25) is 0 Å². The molecule has 0 bridgehead atoms. The summed E-state index contributed by atoms with van der Waals surface area (Å²) >= 11 is 0. The van der Waals surface area contributed by atoms with Crippen molar-refractivity contribution in [1.29, 1.82) is 0 Å². The first-order valence-corrected chi connectivity index (χ1v) is 18.4. The molecule has 0 rings (SSSR count). The molecular formula is C37H77N. The number of unbranched alkanes of at least 4 members (excludes halogenated alkanes) is 24. The highest BCUT2D eigenvalue weighted by molar-refractivity contribution is 4.76. The standard InChI is InChI=1S/C37H77N/c1-6-9-12-15-18-20-22-24-26-29-32-35-38(5)37(36(4)33-30-27-17-14-11-8-3)34-31-28-25-23-21-19-16-13-10-7-2/h36-37H,6-35H2,1-5H3. The number of rotatable bonds is 32. The first-order chi connectivity index (χ1) is 18.7. The number of hydrogen-bond acceptors (Lipinski definition) is 1. The minimum absolute atomic E-state index is 0.808. The SMILES string of the molecule is CCCCCCCCCCCCCN(C)C(CCCCCCCCCCCC)C(C)CCCCCCCC. The zero-order chi connectivity index (χ0) is 27.9. The van der Waals surface area contributed by atoms with E-state index in [-0.39, 0.29) is 0 Å². The largest absolute Gasteiger partial charge is 0.303 e. The van der Waals surface area contributed by atoms with Crippen LogP contribution in [0, 0.1) is 5.92 Å². The maximum Gasteiger partial charge on any atom is 0.0118 e. The van der Waals surface area contributed by atoms with Gasteiger partial charge in [-0.1, -0.05) is 195 Å². The van der Waals surface area contributed by atoms with Gasteiger partial charge in [-0.05, 0) is 38.8 Å². The molecular weight excluding hydrogens is 458 g/mol. The zero-order valence-corrected chi connectivity index (χ0v) is 27.8. The monoisotopic (exact) mass is 536 g/mol. The van der Waals surface area contributed by atoms with Crippen LogP contribution in [0.5, 0.6) is 0 Å². The molecule has 0 aliphatic heterocycles.